The standard InChI is InChI=1S/C19H22F3N3O4.HI/c1-27-16-8-5-13(9-17(16)28-2)25-18(23)24-10-14(26)11-29-15-6-3-12(4-7-15)19(20,21)22;/h3-9,14,26H,10-11H2,1-2H3,(H3,23,24,25);1H. The van der Waals surface area contributed by atoms with Gasteiger partial charge in [-0.15, -0.1) is 24.0 Å². The van der Waals surface area contributed by atoms with Crippen LogP contribution in [0.3, 0.4) is 0 Å². The summed E-state index contributed by atoms with van der Waals surface area (Å²) in [5.74, 6) is 1.34. The van der Waals surface area contributed by atoms with E-state index in [2.05, 4.69) is 10.3 Å². The van der Waals surface area contributed by atoms with E-state index in [0.29, 0.717) is 17.2 Å². The van der Waals surface area contributed by atoms with Crippen LogP contribution in [-0.2, 0) is 6.18 Å². The van der Waals surface area contributed by atoms with Gasteiger partial charge in [-0.05, 0) is 36.4 Å². The Labute approximate surface area is 189 Å². The molecule has 2 aromatic rings. The van der Waals surface area contributed by atoms with Gasteiger partial charge in [-0.1, -0.05) is 0 Å². The number of benzene rings is 2. The molecule has 0 saturated heterocycles. The van der Waals surface area contributed by atoms with Crippen LogP contribution in [0.15, 0.2) is 47.5 Å². The Balaban J connectivity index is 0.00000450. The molecule has 1 unspecified atom stereocenters. The summed E-state index contributed by atoms with van der Waals surface area (Å²) in [5.41, 5.74) is 5.63. The molecule has 4 N–H and O–H groups in total. The van der Waals surface area contributed by atoms with Gasteiger partial charge in [-0.25, -0.2) is 0 Å². The second-order valence-corrected chi connectivity index (χ2v) is 5.91. The number of rotatable bonds is 8. The average molecular weight is 541 g/mol. The van der Waals surface area contributed by atoms with Crippen molar-refractivity contribution in [2.75, 3.05) is 32.7 Å². The fourth-order valence-electron chi connectivity index (χ4n) is 2.29. The highest BCUT2D eigenvalue weighted by molar-refractivity contribution is 14.0. The Bertz CT molecular complexity index is 833. The summed E-state index contributed by atoms with van der Waals surface area (Å²) in [4.78, 5) is 4.01. The Morgan fingerprint density at radius 2 is 1.73 bits per heavy atom. The van der Waals surface area contributed by atoms with Gasteiger partial charge >= 0.3 is 6.18 Å². The second-order valence-electron chi connectivity index (χ2n) is 5.91. The van der Waals surface area contributed by atoms with Crippen molar-refractivity contribution in [3.05, 3.63) is 48.0 Å². The summed E-state index contributed by atoms with van der Waals surface area (Å²) < 4.78 is 53.2. The van der Waals surface area contributed by atoms with Gasteiger partial charge in [0.05, 0.1) is 26.3 Å². The molecule has 0 saturated carbocycles. The van der Waals surface area contributed by atoms with Crippen LogP contribution in [0.4, 0.5) is 18.9 Å². The molecule has 0 fully saturated rings. The third-order valence-corrected chi connectivity index (χ3v) is 3.75. The van der Waals surface area contributed by atoms with Gasteiger partial charge in [0.1, 0.15) is 18.5 Å². The highest BCUT2D eigenvalue weighted by Crippen LogP contribution is 2.30. The average Bonchev–Trinajstić information content (AvgIpc) is 2.70. The fraction of sp³-hybridized carbons (Fsp3) is 0.316. The van der Waals surface area contributed by atoms with Gasteiger partial charge in [-0.2, -0.15) is 13.2 Å². The predicted octanol–water partition coefficient (Wildman–Crippen LogP) is 3.51. The number of halogens is 4. The smallest absolute Gasteiger partial charge is 0.416 e. The normalized spacial score (nSPS) is 12.5. The van der Waals surface area contributed by atoms with Crippen molar-refractivity contribution < 1.29 is 32.5 Å². The van der Waals surface area contributed by atoms with E-state index >= 15 is 0 Å². The molecule has 0 aliphatic heterocycles. The molecule has 2 rings (SSSR count). The number of aliphatic hydroxyl groups is 1. The lowest BCUT2D eigenvalue weighted by atomic mass is 10.2. The third-order valence-electron chi connectivity index (χ3n) is 3.75. The van der Waals surface area contributed by atoms with Crippen LogP contribution in [0.2, 0.25) is 0 Å². The number of anilines is 1. The quantitative estimate of drug-likeness (QED) is 0.269. The number of nitrogens with zero attached hydrogens (tertiary/aromatic N) is 1. The van der Waals surface area contributed by atoms with Crippen LogP contribution in [0.1, 0.15) is 5.56 Å². The van der Waals surface area contributed by atoms with Crippen LogP contribution in [-0.4, -0.2) is 44.5 Å². The highest BCUT2D eigenvalue weighted by Gasteiger charge is 2.30. The van der Waals surface area contributed by atoms with Crippen molar-refractivity contribution in [3.8, 4) is 17.2 Å². The molecule has 1 atom stereocenters. The van der Waals surface area contributed by atoms with E-state index in [9.17, 15) is 18.3 Å². The zero-order valence-corrected chi connectivity index (χ0v) is 18.6. The van der Waals surface area contributed by atoms with Gasteiger partial charge in [0, 0.05) is 11.8 Å². The number of methoxy groups -OCH3 is 2. The number of ether oxygens (including phenoxy) is 3. The molecule has 0 aliphatic carbocycles. The molecule has 2 aromatic carbocycles. The lowest BCUT2D eigenvalue weighted by Gasteiger charge is -2.13. The van der Waals surface area contributed by atoms with E-state index in [1.54, 1.807) is 18.2 Å². The van der Waals surface area contributed by atoms with Gasteiger partial charge in [0.15, 0.2) is 17.5 Å². The van der Waals surface area contributed by atoms with Gasteiger partial charge in [-0.3, -0.25) is 4.99 Å². The summed E-state index contributed by atoms with van der Waals surface area (Å²) >= 11 is 0. The lowest BCUT2D eigenvalue weighted by molar-refractivity contribution is -0.137. The summed E-state index contributed by atoms with van der Waals surface area (Å²) in [5, 5.41) is 12.8. The Kier molecular flexibility index (Phi) is 9.99. The summed E-state index contributed by atoms with van der Waals surface area (Å²) in [7, 11) is 3.03. The predicted molar refractivity (Wildman–Crippen MR) is 118 cm³/mol. The van der Waals surface area contributed by atoms with Gasteiger partial charge < -0.3 is 30.4 Å². The number of alkyl halides is 3. The van der Waals surface area contributed by atoms with Gasteiger partial charge in [0.2, 0.25) is 0 Å². The van der Waals surface area contributed by atoms with Crippen molar-refractivity contribution in [1.29, 1.82) is 0 Å². The Morgan fingerprint density at radius 3 is 2.30 bits per heavy atom. The van der Waals surface area contributed by atoms with E-state index < -0.39 is 17.8 Å². The van der Waals surface area contributed by atoms with E-state index in [1.807, 2.05) is 0 Å². The van der Waals surface area contributed by atoms with Crippen molar-refractivity contribution >= 4 is 35.6 Å². The first kappa shape index (κ1) is 25.6. The zero-order valence-electron chi connectivity index (χ0n) is 16.3. The summed E-state index contributed by atoms with van der Waals surface area (Å²) in [6.07, 6.45) is -5.41. The van der Waals surface area contributed by atoms with Crippen molar-refractivity contribution in [2.24, 2.45) is 10.7 Å². The molecule has 11 heteroatoms. The molecule has 0 aromatic heterocycles. The second kappa shape index (κ2) is 11.7. The first-order chi connectivity index (χ1) is 13.7. The molecule has 0 bridgehead atoms. The highest BCUT2D eigenvalue weighted by atomic mass is 127. The van der Waals surface area contributed by atoms with Crippen molar-refractivity contribution in [2.45, 2.75) is 12.3 Å². The third kappa shape index (κ3) is 7.78. The number of aliphatic imine (C=N–C) groups is 1. The first-order valence-electron chi connectivity index (χ1n) is 8.50. The molecule has 0 radical (unpaired) electrons. The molecule has 0 spiro atoms. The molecular weight excluding hydrogens is 518 g/mol. The first-order valence-corrected chi connectivity index (χ1v) is 8.50. The van der Waals surface area contributed by atoms with Crippen molar-refractivity contribution in [1.82, 2.24) is 0 Å². The minimum absolute atomic E-state index is 0. The molecule has 166 valence electrons. The van der Waals surface area contributed by atoms with Gasteiger partial charge in [0.25, 0.3) is 0 Å². The van der Waals surface area contributed by atoms with E-state index in [1.165, 1.54) is 26.4 Å². The lowest BCUT2D eigenvalue weighted by Crippen LogP contribution is -2.27. The minimum Gasteiger partial charge on any atom is -0.493 e. The summed E-state index contributed by atoms with van der Waals surface area (Å²) in [6, 6.07) is 9.27. The van der Waals surface area contributed by atoms with Crippen LogP contribution < -0.4 is 25.3 Å². The number of nitrogens with one attached hydrogen (secondary N) is 1. The minimum atomic E-state index is -4.41. The van der Waals surface area contributed by atoms with Crippen LogP contribution >= 0.6 is 24.0 Å². The van der Waals surface area contributed by atoms with E-state index in [4.69, 9.17) is 19.9 Å². The molecular formula is C19H23F3IN3O4. The zero-order chi connectivity index (χ0) is 21.4. The molecule has 0 amide bonds. The maximum Gasteiger partial charge on any atom is 0.416 e. The number of guanidine groups is 1. The maximum atomic E-state index is 12.5. The Morgan fingerprint density at radius 1 is 1.10 bits per heavy atom. The number of hydrogen-bond donors (Lipinski definition) is 3. The maximum absolute atomic E-state index is 12.5. The molecule has 0 aliphatic rings. The number of hydrogen-bond acceptors (Lipinski definition) is 5. The van der Waals surface area contributed by atoms with Crippen molar-refractivity contribution in [3.63, 3.8) is 0 Å². The van der Waals surface area contributed by atoms with Crippen LogP contribution in [0.5, 0.6) is 17.2 Å². The van der Waals surface area contributed by atoms with Crippen LogP contribution in [0.25, 0.3) is 0 Å². The number of nitrogens with two attached hydrogens (primary N) is 1. The van der Waals surface area contributed by atoms with Crippen LogP contribution in [0, 0.1) is 0 Å². The number of aliphatic hydroxyl groups excluding tert-OH is 1. The summed E-state index contributed by atoms with van der Waals surface area (Å²) in [6.45, 7) is -0.217. The van der Waals surface area contributed by atoms with E-state index in [0.717, 1.165) is 12.1 Å². The monoisotopic (exact) mass is 541 g/mol. The fourth-order valence-corrected chi connectivity index (χ4v) is 2.29. The Hall–Kier alpha value is -2.41. The topological polar surface area (TPSA) is 98.3 Å². The molecule has 0 heterocycles. The SMILES string of the molecule is COc1ccc(NC(N)=NCC(O)COc2ccc(C(F)(F)F)cc2)cc1OC.I. The largest absolute Gasteiger partial charge is 0.493 e. The van der Waals surface area contributed by atoms with E-state index in [-0.39, 0.29) is 48.8 Å². The molecule has 30 heavy (non-hydrogen) atoms. The molecule has 7 nitrogen and oxygen atoms in total.